The van der Waals surface area contributed by atoms with Crippen LogP contribution in [0.15, 0.2) is 0 Å². The van der Waals surface area contributed by atoms with E-state index in [2.05, 4.69) is 25.2 Å². The van der Waals surface area contributed by atoms with Crippen LogP contribution in [0, 0.1) is 13.8 Å². The van der Waals surface area contributed by atoms with Gasteiger partial charge in [-0.3, -0.25) is 0 Å². The van der Waals surface area contributed by atoms with Crippen LogP contribution in [0.2, 0.25) is 0 Å². The van der Waals surface area contributed by atoms with Crippen molar-refractivity contribution in [1.29, 1.82) is 0 Å². The standard InChI is InChI=1S/C11H21N5O2S/c1-8(2)12-6-5-7-19(17,18)16-11-13-9(3)10(4)14-15-11/h8,12H,5-7H2,1-4H3,(H,13,15,16). The fourth-order valence-corrected chi connectivity index (χ4v) is 2.33. The highest BCUT2D eigenvalue weighted by Gasteiger charge is 2.12. The maximum Gasteiger partial charge on any atom is 0.256 e. The third-order valence-corrected chi connectivity index (χ3v) is 3.80. The Hall–Kier alpha value is -1.28. The lowest BCUT2D eigenvalue weighted by Gasteiger charge is -2.09. The molecule has 0 unspecified atom stereocenters. The molecule has 0 fully saturated rings. The summed E-state index contributed by atoms with van der Waals surface area (Å²) in [6.07, 6.45) is 0.534. The molecule has 1 aromatic heterocycles. The zero-order valence-corrected chi connectivity index (χ0v) is 12.6. The molecule has 0 radical (unpaired) electrons. The van der Waals surface area contributed by atoms with Gasteiger partial charge in [0.15, 0.2) is 0 Å². The number of anilines is 1. The second kappa shape index (κ2) is 6.76. The van der Waals surface area contributed by atoms with Crippen molar-refractivity contribution in [2.24, 2.45) is 0 Å². The van der Waals surface area contributed by atoms with Crippen LogP contribution < -0.4 is 10.0 Å². The van der Waals surface area contributed by atoms with Crippen molar-refractivity contribution in [3.63, 3.8) is 0 Å². The smallest absolute Gasteiger partial charge is 0.256 e. The number of aromatic nitrogens is 3. The van der Waals surface area contributed by atoms with E-state index in [1.165, 1.54) is 0 Å². The van der Waals surface area contributed by atoms with Crippen LogP contribution in [0.25, 0.3) is 0 Å². The highest BCUT2D eigenvalue weighted by atomic mass is 32.2. The molecule has 0 atom stereocenters. The van der Waals surface area contributed by atoms with Gasteiger partial charge in [0.05, 0.1) is 17.1 Å². The van der Waals surface area contributed by atoms with E-state index in [1.54, 1.807) is 13.8 Å². The third-order valence-electron chi connectivity index (χ3n) is 2.48. The number of rotatable bonds is 7. The summed E-state index contributed by atoms with van der Waals surface area (Å²) in [5.74, 6) is 0.0585. The molecule has 0 aromatic carbocycles. The Morgan fingerprint density at radius 1 is 1.16 bits per heavy atom. The fraction of sp³-hybridized carbons (Fsp3) is 0.727. The van der Waals surface area contributed by atoms with Crippen LogP contribution >= 0.6 is 0 Å². The van der Waals surface area contributed by atoms with Gasteiger partial charge in [0.2, 0.25) is 10.0 Å². The van der Waals surface area contributed by atoms with Gasteiger partial charge in [0.1, 0.15) is 0 Å². The minimum atomic E-state index is -3.42. The molecule has 0 spiro atoms. The van der Waals surface area contributed by atoms with E-state index >= 15 is 0 Å². The topological polar surface area (TPSA) is 96.9 Å². The van der Waals surface area contributed by atoms with E-state index in [1.807, 2.05) is 13.8 Å². The average Bonchev–Trinajstić information content (AvgIpc) is 2.29. The monoisotopic (exact) mass is 287 g/mol. The molecule has 19 heavy (non-hydrogen) atoms. The first-order chi connectivity index (χ1) is 8.80. The molecule has 2 N–H and O–H groups in total. The molecule has 108 valence electrons. The molecule has 1 heterocycles. The van der Waals surface area contributed by atoms with Crippen molar-refractivity contribution >= 4 is 16.0 Å². The summed E-state index contributed by atoms with van der Waals surface area (Å²) >= 11 is 0. The number of nitrogens with zero attached hydrogens (tertiary/aromatic N) is 3. The molecule has 0 aliphatic rings. The third kappa shape index (κ3) is 5.93. The van der Waals surface area contributed by atoms with Crippen molar-refractivity contribution in [3.8, 4) is 0 Å². The zero-order valence-electron chi connectivity index (χ0n) is 11.8. The summed E-state index contributed by atoms with van der Waals surface area (Å²) in [6, 6.07) is 0.350. The Morgan fingerprint density at radius 2 is 1.84 bits per heavy atom. The SMILES string of the molecule is Cc1nnc(NS(=O)(=O)CCCNC(C)C)nc1C. The summed E-state index contributed by atoms with van der Waals surface area (Å²) in [4.78, 5) is 4.03. The van der Waals surface area contributed by atoms with Gasteiger partial charge in [-0.1, -0.05) is 13.8 Å². The molecule has 0 bridgehead atoms. The van der Waals surface area contributed by atoms with Crippen LogP contribution in [0.5, 0.6) is 0 Å². The quantitative estimate of drug-likeness (QED) is 0.714. The van der Waals surface area contributed by atoms with Crippen LogP contribution in [0.1, 0.15) is 31.7 Å². The van der Waals surface area contributed by atoms with Gasteiger partial charge < -0.3 is 5.32 Å². The molecule has 7 nitrogen and oxygen atoms in total. The second-order valence-electron chi connectivity index (χ2n) is 4.69. The molecule has 1 aromatic rings. The Labute approximate surface area is 114 Å². The van der Waals surface area contributed by atoms with Gasteiger partial charge in [0.25, 0.3) is 5.95 Å². The first kappa shape index (κ1) is 15.8. The predicted octanol–water partition coefficient (Wildman–Crippen LogP) is 0.618. The fourth-order valence-electron chi connectivity index (χ4n) is 1.34. The molecular weight excluding hydrogens is 266 g/mol. The zero-order chi connectivity index (χ0) is 14.5. The Bertz CT molecular complexity index is 516. The molecule has 0 aliphatic carbocycles. The molecule has 0 aliphatic heterocycles. The number of hydrogen-bond donors (Lipinski definition) is 2. The van der Waals surface area contributed by atoms with Crippen molar-refractivity contribution < 1.29 is 8.42 Å². The molecular formula is C11H21N5O2S. The van der Waals surface area contributed by atoms with Gasteiger partial charge >= 0.3 is 0 Å². The first-order valence-corrected chi connectivity index (χ1v) is 7.87. The molecule has 8 heteroatoms. The normalized spacial score (nSPS) is 11.8. The highest BCUT2D eigenvalue weighted by molar-refractivity contribution is 7.92. The lowest BCUT2D eigenvalue weighted by atomic mass is 10.4. The van der Waals surface area contributed by atoms with Crippen LogP contribution in [0.3, 0.4) is 0 Å². The Balaban J connectivity index is 2.52. The second-order valence-corrected chi connectivity index (χ2v) is 6.53. The summed E-state index contributed by atoms with van der Waals surface area (Å²) in [7, 11) is -3.42. The highest BCUT2D eigenvalue weighted by Crippen LogP contribution is 2.05. The molecule has 0 saturated carbocycles. The summed E-state index contributed by atoms with van der Waals surface area (Å²) in [5, 5.41) is 10.7. The minimum absolute atomic E-state index is 0.0277. The van der Waals surface area contributed by atoms with Crippen LogP contribution in [-0.2, 0) is 10.0 Å². The largest absolute Gasteiger partial charge is 0.314 e. The summed E-state index contributed by atoms with van der Waals surface area (Å²) in [6.45, 7) is 8.22. The molecule has 0 saturated heterocycles. The summed E-state index contributed by atoms with van der Waals surface area (Å²) < 4.78 is 25.9. The maximum absolute atomic E-state index is 11.8. The van der Waals surface area contributed by atoms with Crippen LogP contribution in [0.4, 0.5) is 5.95 Å². The lowest BCUT2D eigenvalue weighted by molar-refractivity contribution is 0.570. The van der Waals surface area contributed by atoms with Gasteiger partial charge in [0, 0.05) is 6.04 Å². The summed E-state index contributed by atoms with van der Waals surface area (Å²) in [5.41, 5.74) is 1.35. The van der Waals surface area contributed by atoms with Gasteiger partial charge in [-0.05, 0) is 26.8 Å². The molecule has 0 amide bonds. The average molecular weight is 287 g/mol. The van der Waals surface area contributed by atoms with E-state index in [4.69, 9.17) is 0 Å². The van der Waals surface area contributed by atoms with E-state index < -0.39 is 10.0 Å². The lowest BCUT2D eigenvalue weighted by Crippen LogP contribution is -2.27. The number of sulfonamides is 1. The number of nitrogens with one attached hydrogen (secondary N) is 2. The van der Waals surface area contributed by atoms with Crippen molar-refractivity contribution in [1.82, 2.24) is 20.5 Å². The van der Waals surface area contributed by atoms with Crippen molar-refractivity contribution in [2.45, 2.75) is 40.2 Å². The van der Waals surface area contributed by atoms with Crippen molar-refractivity contribution in [2.75, 3.05) is 17.0 Å². The van der Waals surface area contributed by atoms with Crippen molar-refractivity contribution in [3.05, 3.63) is 11.4 Å². The van der Waals surface area contributed by atoms with Gasteiger partial charge in [-0.25, -0.2) is 18.1 Å². The van der Waals surface area contributed by atoms with Gasteiger partial charge in [-0.15, -0.1) is 5.10 Å². The van der Waals surface area contributed by atoms with E-state index in [-0.39, 0.29) is 11.7 Å². The van der Waals surface area contributed by atoms with E-state index in [0.717, 1.165) is 0 Å². The molecule has 1 rings (SSSR count). The number of aryl methyl sites for hydroxylation is 2. The van der Waals surface area contributed by atoms with Gasteiger partial charge in [-0.2, -0.15) is 5.10 Å². The maximum atomic E-state index is 11.8. The first-order valence-electron chi connectivity index (χ1n) is 6.22. The van der Waals surface area contributed by atoms with E-state index in [0.29, 0.717) is 30.4 Å². The minimum Gasteiger partial charge on any atom is -0.314 e. The number of hydrogen-bond acceptors (Lipinski definition) is 6. The van der Waals surface area contributed by atoms with Crippen LogP contribution in [-0.4, -0.2) is 41.9 Å². The predicted molar refractivity (Wildman–Crippen MR) is 74.5 cm³/mol. The Kier molecular flexibility index (Phi) is 5.61. The Morgan fingerprint density at radius 3 is 2.42 bits per heavy atom. The van der Waals surface area contributed by atoms with E-state index in [9.17, 15) is 8.42 Å².